The molecule has 0 saturated heterocycles. The highest BCUT2D eigenvalue weighted by Crippen LogP contribution is 2.30. The molecular formula is C14H12BrFN2O3. The van der Waals surface area contributed by atoms with Crippen molar-refractivity contribution in [2.45, 2.75) is 6.92 Å². The summed E-state index contributed by atoms with van der Waals surface area (Å²) in [5, 5.41) is 0. The summed E-state index contributed by atoms with van der Waals surface area (Å²) in [5.41, 5.74) is 6.03. The molecule has 0 unspecified atom stereocenters. The molecule has 0 spiro atoms. The normalized spacial score (nSPS) is 10.2. The van der Waals surface area contributed by atoms with Crippen molar-refractivity contribution < 1.29 is 18.7 Å². The first-order chi connectivity index (χ1) is 10.0. The van der Waals surface area contributed by atoms with Crippen molar-refractivity contribution in [3.8, 4) is 11.6 Å². The number of halogens is 2. The molecule has 0 atom stereocenters. The Kier molecular flexibility index (Phi) is 4.74. The molecule has 2 N–H and O–H groups in total. The molecule has 110 valence electrons. The van der Waals surface area contributed by atoms with Gasteiger partial charge in [0, 0.05) is 16.7 Å². The van der Waals surface area contributed by atoms with Crippen LogP contribution >= 0.6 is 15.9 Å². The number of carbonyl (C=O) groups excluding carboxylic acids is 1. The number of ether oxygens (including phenoxy) is 2. The molecule has 0 amide bonds. The van der Waals surface area contributed by atoms with E-state index in [4.69, 9.17) is 15.2 Å². The SMILES string of the molecule is CCOC(=O)c1ccnc(Oc2cc(F)cc(Br)c2)c1N. The second kappa shape index (κ2) is 6.53. The number of anilines is 1. The van der Waals surface area contributed by atoms with E-state index in [2.05, 4.69) is 20.9 Å². The fraction of sp³-hybridized carbons (Fsp3) is 0.143. The first-order valence-electron chi connectivity index (χ1n) is 6.06. The minimum absolute atomic E-state index is 0.0121. The number of nitrogens with two attached hydrogens (primary N) is 1. The molecule has 0 bridgehead atoms. The quantitative estimate of drug-likeness (QED) is 0.850. The van der Waals surface area contributed by atoms with E-state index in [-0.39, 0.29) is 29.5 Å². The van der Waals surface area contributed by atoms with Gasteiger partial charge in [-0.2, -0.15) is 0 Å². The summed E-state index contributed by atoms with van der Waals surface area (Å²) in [4.78, 5) is 15.7. The molecule has 1 aromatic carbocycles. The third kappa shape index (κ3) is 3.69. The predicted molar refractivity (Wildman–Crippen MR) is 78.8 cm³/mol. The van der Waals surface area contributed by atoms with Crippen LogP contribution in [0.3, 0.4) is 0 Å². The summed E-state index contributed by atoms with van der Waals surface area (Å²) < 4.78 is 24.1. The maximum atomic E-state index is 13.3. The first kappa shape index (κ1) is 15.2. The molecule has 5 nitrogen and oxygen atoms in total. The molecular weight excluding hydrogens is 343 g/mol. The van der Waals surface area contributed by atoms with E-state index < -0.39 is 11.8 Å². The smallest absolute Gasteiger partial charge is 0.340 e. The zero-order valence-electron chi connectivity index (χ0n) is 11.1. The molecule has 2 rings (SSSR count). The molecule has 2 aromatic rings. The largest absolute Gasteiger partial charge is 0.462 e. The number of nitrogen functional groups attached to an aromatic ring is 1. The molecule has 0 aliphatic heterocycles. The second-order valence-electron chi connectivity index (χ2n) is 4.01. The maximum Gasteiger partial charge on any atom is 0.340 e. The highest BCUT2D eigenvalue weighted by atomic mass is 79.9. The molecule has 0 fully saturated rings. The number of rotatable bonds is 4. The summed E-state index contributed by atoms with van der Waals surface area (Å²) >= 11 is 3.16. The molecule has 1 heterocycles. The number of pyridine rings is 1. The van der Waals surface area contributed by atoms with E-state index >= 15 is 0 Å². The standard InChI is InChI=1S/C14H12BrFN2O3/c1-2-20-14(19)11-3-4-18-13(12(11)17)21-10-6-8(15)5-9(16)7-10/h3-7H,2,17H2,1H3. The van der Waals surface area contributed by atoms with Gasteiger partial charge >= 0.3 is 5.97 Å². The number of nitrogens with zero attached hydrogens (tertiary/aromatic N) is 1. The molecule has 0 saturated carbocycles. The van der Waals surface area contributed by atoms with Crippen molar-refractivity contribution in [1.82, 2.24) is 4.98 Å². The minimum Gasteiger partial charge on any atom is -0.462 e. The monoisotopic (exact) mass is 354 g/mol. The predicted octanol–water partition coefficient (Wildman–Crippen LogP) is 3.53. The lowest BCUT2D eigenvalue weighted by Gasteiger charge is -2.10. The van der Waals surface area contributed by atoms with Gasteiger partial charge in [-0.25, -0.2) is 14.2 Å². The van der Waals surface area contributed by atoms with Crippen molar-refractivity contribution >= 4 is 27.6 Å². The topological polar surface area (TPSA) is 74.4 Å². The van der Waals surface area contributed by atoms with Crippen molar-refractivity contribution in [1.29, 1.82) is 0 Å². The fourth-order valence-corrected chi connectivity index (χ4v) is 2.07. The fourth-order valence-electron chi connectivity index (χ4n) is 1.62. The average Bonchev–Trinajstić information content (AvgIpc) is 2.40. The van der Waals surface area contributed by atoms with Crippen LogP contribution in [0.1, 0.15) is 17.3 Å². The molecule has 0 aliphatic carbocycles. The van der Waals surface area contributed by atoms with Gasteiger partial charge in [-0.15, -0.1) is 0 Å². The van der Waals surface area contributed by atoms with E-state index in [0.717, 1.165) is 0 Å². The van der Waals surface area contributed by atoms with E-state index in [1.54, 1.807) is 13.0 Å². The maximum absolute atomic E-state index is 13.3. The zero-order valence-corrected chi connectivity index (χ0v) is 12.7. The van der Waals surface area contributed by atoms with Crippen molar-refractivity contribution in [3.05, 3.63) is 46.3 Å². The lowest BCUT2D eigenvalue weighted by molar-refractivity contribution is 0.0527. The van der Waals surface area contributed by atoms with Crippen LogP contribution in [0.4, 0.5) is 10.1 Å². The summed E-state index contributed by atoms with van der Waals surface area (Å²) in [6.07, 6.45) is 1.37. The Morgan fingerprint density at radius 3 is 2.86 bits per heavy atom. The van der Waals surface area contributed by atoms with Crippen LogP contribution in [0.2, 0.25) is 0 Å². The van der Waals surface area contributed by atoms with Gasteiger partial charge < -0.3 is 15.2 Å². The Morgan fingerprint density at radius 2 is 2.19 bits per heavy atom. The number of carbonyl (C=O) groups is 1. The Bertz CT molecular complexity index is 659. The van der Waals surface area contributed by atoms with Crippen LogP contribution in [0.15, 0.2) is 34.9 Å². The number of hydrogen-bond acceptors (Lipinski definition) is 5. The molecule has 7 heteroatoms. The summed E-state index contributed by atoms with van der Waals surface area (Å²) in [6.45, 7) is 1.92. The van der Waals surface area contributed by atoms with Gasteiger partial charge in [0.25, 0.3) is 0 Å². The Morgan fingerprint density at radius 1 is 1.43 bits per heavy atom. The molecule has 0 radical (unpaired) electrons. The average molecular weight is 355 g/mol. The van der Waals surface area contributed by atoms with Gasteiger partial charge in [0.05, 0.1) is 12.2 Å². The molecule has 1 aromatic heterocycles. The summed E-state index contributed by atoms with van der Waals surface area (Å²) in [5.74, 6) is -0.817. The third-order valence-corrected chi connectivity index (χ3v) is 2.96. The van der Waals surface area contributed by atoms with Crippen LogP contribution in [0, 0.1) is 5.82 Å². The van der Waals surface area contributed by atoms with Crippen molar-refractivity contribution in [2.24, 2.45) is 0 Å². The highest BCUT2D eigenvalue weighted by Gasteiger charge is 2.16. The van der Waals surface area contributed by atoms with Crippen LogP contribution < -0.4 is 10.5 Å². The van der Waals surface area contributed by atoms with E-state index in [1.165, 1.54) is 24.4 Å². The number of esters is 1. The number of hydrogen-bond donors (Lipinski definition) is 1. The van der Waals surface area contributed by atoms with Crippen LogP contribution in [-0.4, -0.2) is 17.6 Å². The number of aromatic nitrogens is 1. The second-order valence-corrected chi connectivity index (χ2v) is 4.92. The van der Waals surface area contributed by atoms with Gasteiger partial charge in [0.2, 0.25) is 5.88 Å². The van der Waals surface area contributed by atoms with Crippen LogP contribution in [0.5, 0.6) is 11.6 Å². The van der Waals surface area contributed by atoms with Crippen molar-refractivity contribution in [3.63, 3.8) is 0 Å². The van der Waals surface area contributed by atoms with E-state index in [0.29, 0.717) is 4.47 Å². The zero-order chi connectivity index (χ0) is 15.4. The van der Waals surface area contributed by atoms with E-state index in [1.807, 2.05) is 0 Å². The van der Waals surface area contributed by atoms with Crippen molar-refractivity contribution in [2.75, 3.05) is 12.3 Å². The minimum atomic E-state index is -0.567. The Labute approximate surface area is 129 Å². The van der Waals surface area contributed by atoms with Gasteiger partial charge in [-0.05, 0) is 25.1 Å². The van der Waals surface area contributed by atoms with Gasteiger partial charge in [-0.1, -0.05) is 15.9 Å². The first-order valence-corrected chi connectivity index (χ1v) is 6.86. The Hall–Kier alpha value is -2.15. The lowest BCUT2D eigenvalue weighted by atomic mass is 10.2. The highest BCUT2D eigenvalue weighted by molar-refractivity contribution is 9.10. The van der Waals surface area contributed by atoms with Crippen LogP contribution in [0.25, 0.3) is 0 Å². The Balaban J connectivity index is 2.32. The van der Waals surface area contributed by atoms with Gasteiger partial charge in [0.15, 0.2) is 0 Å². The lowest BCUT2D eigenvalue weighted by Crippen LogP contribution is -2.09. The number of benzene rings is 1. The third-order valence-electron chi connectivity index (χ3n) is 2.50. The van der Waals surface area contributed by atoms with Crippen LogP contribution in [-0.2, 0) is 4.74 Å². The summed E-state index contributed by atoms with van der Waals surface area (Å²) in [6, 6.07) is 5.46. The molecule has 21 heavy (non-hydrogen) atoms. The molecule has 0 aliphatic rings. The van der Waals surface area contributed by atoms with Gasteiger partial charge in [-0.3, -0.25) is 0 Å². The summed E-state index contributed by atoms with van der Waals surface area (Å²) in [7, 11) is 0. The van der Waals surface area contributed by atoms with Gasteiger partial charge in [0.1, 0.15) is 17.3 Å². The van der Waals surface area contributed by atoms with E-state index in [9.17, 15) is 9.18 Å².